The molecule has 16 heavy (non-hydrogen) atoms. The summed E-state index contributed by atoms with van der Waals surface area (Å²) in [4.78, 5) is 11.6. The number of aromatic nitrogens is 2. The Bertz CT molecular complexity index is 546. The lowest BCUT2D eigenvalue weighted by Crippen LogP contribution is -2.22. The minimum Gasteiger partial charge on any atom is -0.268 e. The SMILES string of the molecule is Cc1cnn(Cc2ccc(Br)cc2)c(=O)c1. The maximum Gasteiger partial charge on any atom is 0.267 e. The second-order valence-corrected chi connectivity index (χ2v) is 4.57. The van der Waals surface area contributed by atoms with Crippen molar-refractivity contribution in [3.8, 4) is 0 Å². The maximum absolute atomic E-state index is 11.6. The van der Waals surface area contributed by atoms with Gasteiger partial charge in [0.25, 0.3) is 5.56 Å². The number of benzene rings is 1. The molecule has 2 rings (SSSR count). The molecule has 0 aliphatic rings. The molecule has 0 aliphatic heterocycles. The van der Waals surface area contributed by atoms with Crippen molar-refractivity contribution in [3.63, 3.8) is 0 Å². The van der Waals surface area contributed by atoms with Crippen LogP contribution in [-0.4, -0.2) is 9.78 Å². The van der Waals surface area contributed by atoms with Gasteiger partial charge in [0.1, 0.15) is 0 Å². The minimum absolute atomic E-state index is 0.0667. The van der Waals surface area contributed by atoms with Crippen molar-refractivity contribution in [2.75, 3.05) is 0 Å². The Hall–Kier alpha value is -1.42. The maximum atomic E-state index is 11.6. The van der Waals surface area contributed by atoms with Crippen LogP contribution in [0.4, 0.5) is 0 Å². The summed E-state index contributed by atoms with van der Waals surface area (Å²) in [5.74, 6) is 0. The number of hydrogen-bond donors (Lipinski definition) is 0. The van der Waals surface area contributed by atoms with Gasteiger partial charge in [-0.2, -0.15) is 5.10 Å². The number of nitrogens with zero attached hydrogens (tertiary/aromatic N) is 2. The van der Waals surface area contributed by atoms with Gasteiger partial charge < -0.3 is 0 Å². The van der Waals surface area contributed by atoms with Crippen LogP contribution in [0.15, 0.2) is 45.8 Å². The van der Waals surface area contributed by atoms with E-state index in [1.54, 1.807) is 12.3 Å². The van der Waals surface area contributed by atoms with Crippen molar-refractivity contribution < 1.29 is 0 Å². The normalized spacial score (nSPS) is 10.4. The van der Waals surface area contributed by atoms with Crippen molar-refractivity contribution in [2.24, 2.45) is 0 Å². The summed E-state index contributed by atoms with van der Waals surface area (Å²) in [6.45, 7) is 2.37. The summed E-state index contributed by atoms with van der Waals surface area (Å²) < 4.78 is 2.48. The fourth-order valence-electron chi connectivity index (χ4n) is 1.41. The molecule has 0 saturated heterocycles. The van der Waals surface area contributed by atoms with E-state index in [0.29, 0.717) is 6.54 Å². The molecule has 0 atom stereocenters. The van der Waals surface area contributed by atoms with Crippen LogP contribution in [-0.2, 0) is 6.54 Å². The molecule has 0 bridgehead atoms. The fourth-order valence-corrected chi connectivity index (χ4v) is 1.67. The first-order valence-corrected chi connectivity index (χ1v) is 5.73. The molecule has 0 amide bonds. The molecule has 1 aromatic carbocycles. The second-order valence-electron chi connectivity index (χ2n) is 3.66. The van der Waals surface area contributed by atoms with Crippen LogP contribution < -0.4 is 5.56 Å². The summed E-state index contributed by atoms with van der Waals surface area (Å²) >= 11 is 3.37. The topological polar surface area (TPSA) is 34.9 Å². The highest BCUT2D eigenvalue weighted by Crippen LogP contribution is 2.10. The lowest BCUT2D eigenvalue weighted by molar-refractivity contribution is 0.636. The zero-order chi connectivity index (χ0) is 11.5. The molecule has 0 N–H and O–H groups in total. The molecule has 0 spiro atoms. The molecule has 0 aliphatic carbocycles. The molecular weight excluding hydrogens is 268 g/mol. The van der Waals surface area contributed by atoms with E-state index in [4.69, 9.17) is 0 Å². The Balaban J connectivity index is 2.27. The van der Waals surface area contributed by atoms with Gasteiger partial charge in [-0.25, -0.2) is 4.68 Å². The predicted molar refractivity (Wildman–Crippen MR) is 66.5 cm³/mol. The summed E-state index contributed by atoms with van der Waals surface area (Å²) in [6.07, 6.45) is 1.69. The van der Waals surface area contributed by atoms with E-state index in [2.05, 4.69) is 21.0 Å². The van der Waals surface area contributed by atoms with Crippen LogP contribution in [0.25, 0.3) is 0 Å². The Morgan fingerprint density at radius 3 is 2.62 bits per heavy atom. The number of hydrogen-bond acceptors (Lipinski definition) is 2. The van der Waals surface area contributed by atoms with Crippen molar-refractivity contribution in [1.82, 2.24) is 9.78 Å². The van der Waals surface area contributed by atoms with Gasteiger partial charge in [-0.3, -0.25) is 4.79 Å². The van der Waals surface area contributed by atoms with Crippen molar-refractivity contribution in [3.05, 3.63) is 62.5 Å². The van der Waals surface area contributed by atoms with Crippen molar-refractivity contribution >= 4 is 15.9 Å². The monoisotopic (exact) mass is 278 g/mol. The van der Waals surface area contributed by atoms with E-state index in [1.807, 2.05) is 31.2 Å². The Kier molecular flexibility index (Phi) is 3.19. The van der Waals surface area contributed by atoms with Gasteiger partial charge in [0.2, 0.25) is 0 Å². The van der Waals surface area contributed by atoms with Gasteiger partial charge in [-0.1, -0.05) is 28.1 Å². The molecule has 0 radical (unpaired) electrons. The van der Waals surface area contributed by atoms with E-state index >= 15 is 0 Å². The summed E-state index contributed by atoms with van der Waals surface area (Å²) in [5, 5.41) is 4.09. The summed E-state index contributed by atoms with van der Waals surface area (Å²) in [7, 11) is 0. The fraction of sp³-hybridized carbons (Fsp3) is 0.167. The standard InChI is InChI=1S/C12H11BrN2O/c1-9-6-12(16)15(14-7-9)8-10-2-4-11(13)5-3-10/h2-7H,8H2,1H3. The molecule has 1 aromatic heterocycles. The first-order valence-electron chi connectivity index (χ1n) is 4.93. The van der Waals surface area contributed by atoms with Crippen LogP contribution in [0.2, 0.25) is 0 Å². The molecule has 1 heterocycles. The Morgan fingerprint density at radius 2 is 2.00 bits per heavy atom. The third-order valence-corrected chi connectivity index (χ3v) is 2.78. The number of rotatable bonds is 2. The zero-order valence-corrected chi connectivity index (χ0v) is 10.4. The number of halogens is 1. The highest BCUT2D eigenvalue weighted by molar-refractivity contribution is 9.10. The lowest BCUT2D eigenvalue weighted by atomic mass is 10.2. The average Bonchev–Trinajstić information content (AvgIpc) is 2.25. The van der Waals surface area contributed by atoms with Crippen LogP contribution in [0, 0.1) is 6.92 Å². The van der Waals surface area contributed by atoms with E-state index < -0.39 is 0 Å². The molecule has 0 unspecified atom stereocenters. The van der Waals surface area contributed by atoms with Gasteiger partial charge in [0.05, 0.1) is 12.7 Å². The highest BCUT2D eigenvalue weighted by atomic mass is 79.9. The Labute approximate surface area is 102 Å². The molecule has 82 valence electrons. The van der Waals surface area contributed by atoms with E-state index in [9.17, 15) is 4.79 Å². The Morgan fingerprint density at radius 1 is 1.31 bits per heavy atom. The van der Waals surface area contributed by atoms with Gasteiger partial charge >= 0.3 is 0 Å². The molecule has 3 nitrogen and oxygen atoms in total. The van der Waals surface area contributed by atoms with Crippen molar-refractivity contribution in [1.29, 1.82) is 0 Å². The largest absolute Gasteiger partial charge is 0.268 e. The third kappa shape index (κ3) is 2.58. The van der Waals surface area contributed by atoms with Gasteiger partial charge in [-0.15, -0.1) is 0 Å². The first kappa shape index (κ1) is 11.1. The van der Waals surface area contributed by atoms with Gasteiger partial charge in [0, 0.05) is 10.5 Å². The quantitative estimate of drug-likeness (QED) is 0.845. The molecule has 2 aromatic rings. The van der Waals surface area contributed by atoms with E-state index in [-0.39, 0.29) is 5.56 Å². The van der Waals surface area contributed by atoms with Crippen LogP contribution in [0.5, 0.6) is 0 Å². The molecule has 4 heteroatoms. The first-order chi connectivity index (χ1) is 7.65. The smallest absolute Gasteiger partial charge is 0.267 e. The van der Waals surface area contributed by atoms with Gasteiger partial charge in [-0.05, 0) is 30.2 Å². The van der Waals surface area contributed by atoms with E-state index in [1.165, 1.54) is 4.68 Å². The lowest BCUT2D eigenvalue weighted by Gasteiger charge is -2.04. The predicted octanol–water partition coefficient (Wildman–Crippen LogP) is 2.36. The minimum atomic E-state index is -0.0667. The van der Waals surface area contributed by atoms with Crippen LogP contribution in [0.3, 0.4) is 0 Å². The molecule has 0 fully saturated rings. The van der Waals surface area contributed by atoms with Gasteiger partial charge in [0.15, 0.2) is 0 Å². The summed E-state index contributed by atoms with van der Waals surface area (Å²) in [5.41, 5.74) is 1.88. The highest BCUT2D eigenvalue weighted by Gasteiger charge is 1.99. The third-order valence-electron chi connectivity index (χ3n) is 2.25. The zero-order valence-electron chi connectivity index (χ0n) is 8.85. The summed E-state index contributed by atoms with van der Waals surface area (Å²) in [6, 6.07) is 9.44. The molecular formula is C12H11BrN2O. The van der Waals surface area contributed by atoms with Crippen LogP contribution >= 0.6 is 15.9 Å². The van der Waals surface area contributed by atoms with E-state index in [0.717, 1.165) is 15.6 Å². The average molecular weight is 279 g/mol. The van der Waals surface area contributed by atoms with Crippen molar-refractivity contribution in [2.45, 2.75) is 13.5 Å². The second kappa shape index (κ2) is 4.61. The number of aryl methyl sites for hydroxylation is 1. The molecule has 0 saturated carbocycles. The van der Waals surface area contributed by atoms with Crippen LogP contribution in [0.1, 0.15) is 11.1 Å².